The highest BCUT2D eigenvalue weighted by Gasteiger charge is 2.26. The molecule has 0 aliphatic rings. The number of nitrogens with zero attached hydrogens (tertiary/aromatic N) is 1. The second-order valence-electron chi connectivity index (χ2n) is 4.43. The molecule has 3 nitrogen and oxygen atoms in total. The monoisotopic (exact) mass is 250 g/mol. The maximum Gasteiger partial charge on any atom is 0.0967 e. The molecule has 0 amide bonds. The van der Waals surface area contributed by atoms with E-state index in [2.05, 4.69) is 18.0 Å². The molecule has 0 fully saturated rings. The van der Waals surface area contributed by atoms with Gasteiger partial charge in [-0.2, -0.15) is 0 Å². The van der Waals surface area contributed by atoms with Crippen LogP contribution in [0.3, 0.4) is 0 Å². The van der Waals surface area contributed by atoms with Crippen LogP contribution in [0.5, 0.6) is 0 Å². The SMILES string of the molecule is CCCC(O)(CN)Cc1nc2ccccc2s1. The highest BCUT2D eigenvalue weighted by molar-refractivity contribution is 7.18. The first kappa shape index (κ1) is 12.5. The van der Waals surface area contributed by atoms with Crippen LogP contribution in [0.4, 0.5) is 0 Å². The van der Waals surface area contributed by atoms with E-state index in [9.17, 15) is 5.11 Å². The predicted octanol–water partition coefficient (Wildman–Crippen LogP) is 2.33. The first-order valence-electron chi connectivity index (χ1n) is 5.94. The Labute approximate surface area is 105 Å². The van der Waals surface area contributed by atoms with Crippen LogP contribution in [0, 0.1) is 0 Å². The zero-order chi connectivity index (χ0) is 12.3. The lowest BCUT2D eigenvalue weighted by molar-refractivity contribution is 0.0399. The van der Waals surface area contributed by atoms with E-state index in [4.69, 9.17) is 5.73 Å². The number of para-hydroxylation sites is 1. The number of hydrogen-bond donors (Lipinski definition) is 2. The summed E-state index contributed by atoms with van der Waals surface area (Å²) < 4.78 is 1.17. The molecule has 2 aromatic rings. The van der Waals surface area contributed by atoms with Crippen LogP contribution in [-0.2, 0) is 6.42 Å². The largest absolute Gasteiger partial charge is 0.388 e. The van der Waals surface area contributed by atoms with Crippen molar-refractivity contribution in [3.05, 3.63) is 29.3 Å². The maximum atomic E-state index is 10.3. The number of benzene rings is 1. The number of fused-ring (bicyclic) bond motifs is 1. The van der Waals surface area contributed by atoms with E-state index in [-0.39, 0.29) is 6.54 Å². The molecule has 1 heterocycles. The van der Waals surface area contributed by atoms with Crippen LogP contribution < -0.4 is 5.73 Å². The Bertz CT molecular complexity index is 464. The molecule has 0 aliphatic heterocycles. The highest BCUT2D eigenvalue weighted by atomic mass is 32.1. The molecule has 4 heteroatoms. The van der Waals surface area contributed by atoms with Gasteiger partial charge in [-0.25, -0.2) is 4.98 Å². The van der Waals surface area contributed by atoms with Crippen molar-refractivity contribution in [2.75, 3.05) is 6.54 Å². The number of hydrogen-bond acceptors (Lipinski definition) is 4. The van der Waals surface area contributed by atoms with Crippen LogP contribution in [0.1, 0.15) is 24.8 Å². The minimum atomic E-state index is -0.803. The van der Waals surface area contributed by atoms with Crippen molar-refractivity contribution in [3.8, 4) is 0 Å². The lowest BCUT2D eigenvalue weighted by Crippen LogP contribution is -2.39. The summed E-state index contributed by atoms with van der Waals surface area (Å²) in [5.41, 5.74) is 5.86. The van der Waals surface area contributed by atoms with Gasteiger partial charge < -0.3 is 10.8 Å². The van der Waals surface area contributed by atoms with Crippen molar-refractivity contribution < 1.29 is 5.11 Å². The molecule has 0 radical (unpaired) electrons. The third kappa shape index (κ3) is 2.83. The van der Waals surface area contributed by atoms with E-state index < -0.39 is 5.60 Å². The zero-order valence-corrected chi connectivity index (χ0v) is 10.8. The van der Waals surface area contributed by atoms with Gasteiger partial charge >= 0.3 is 0 Å². The molecule has 0 saturated heterocycles. The lowest BCUT2D eigenvalue weighted by Gasteiger charge is -2.24. The minimum Gasteiger partial charge on any atom is -0.388 e. The number of rotatable bonds is 5. The number of aliphatic hydroxyl groups is 1. The number of nitrogens with two attached hydrogens (primary N) is 1. The third-order valence-corrected chi connectivity index (χ3v) is 3.95. The molecule has 2 rings (SSSR count). The Balaban J connectivity index is 2.22. The van der Waals surface area contributed by atoms with Crippen molar-refractivity contribution in [2.24, 2.45) is 5.73 Å². The van der Waals surface area contributed by atoms with Crippen molar-refractivity contribution in [1.29, 1.82) is 0 Å². The van der Waals surface area contributed by atoms with E-state index >= 15 is 0 Å². The fraction of sp³-hybridized carbons (Fsp3) is 0.462. The van der Waals surface area contributed by atoms with Gasteiger partial charge in [-0.15, -0.1) is 11.3 Å². The van der Waals surface area contributed by atoms with Gasteiger partial charge in [0, 0.05) is 13.0 Å². The molecule has 0 bridgehead atoms. The van der Waals surface area contributed by atoms with Gasteiger partial charge in [-0.3, -0.25) is 0 Å². The quantitative estimate of drug-likeness (QED) is 0.856. The van der Waals surface area contributed by atoms with Gasteiger partial charge in [-0.1, -0.05) is 25.5 Å². The Kier molecular flexibility index (Phi) is 3.76. The Morgan fingerprint density at radius 3 is 2.82 bits per heavy atom. The molecule has 0 spiro atoms. The Morgan fingerprint density at radius 2 is 2.18 bits per heavy atom. The van der Waals surface area contributed by atoms with Gasteiger partial charge in [0.1, 0.15) is 0 Å². The van der Waals surface area contributed by atoms with Gasteiger partial charge in [-0.05, 0) is 18.6 Å². The first-order valence-corrected chi connectivity index (χ1v) is 6.75. The fourth-order valence-corrected chi connectivity index (χ4v) is 3.11. The van der Waals surface area contributed by atoms with Crippen LogP contribution in [0.2, 0.25) is 0 Å². The second kappa shape index (κ2) is 5.12. The minimum absolute atomic E-state index is 0.288. The molecule has 3 N–H and O–H groups in total. The number of thiazole rings is 1. The smallest absolute Gasteiger partial charge is 0.0967 e. The van der Waals surface area contributed by atoms with Gasteiger partial charge in [0.15, 0.2) is 0 Å². The molecule has 17 heavy (non-hydrogen) atoms. The summed E-state index contributed by atoms with van der Waals surface area (Å²) >= 11 is 1.64. The number of aromatic nitrogens is 1. The topological polar surface area (TPSA) is 59.1 Å². The predicted molar refractivity (Wildman–Crippen MR) is 72.2 cm³/mol. The highest BCUT2D eigenvalue weighted by Crippen LogP contribution is 2.26. The average molecular weight is 250 g/mol. The molecule has 1 atom stereocenters. The zero-order valence-electron chi connectivity index (χ0n) is 10.0. The summed E-state index contributed by atoms with van der Waals surface area (Å²) in [5.74, 6) is 0. The Hall–Kier alpha value is -0.970. The van der Waals surface area contributed by atoms with Crippen LogP contribution >= 0.6 is 11.3 Å². The molecule has 1 aromatic carbocycles. The van der Waals surface area contributed by atoms with Crippen LogP contribution in [-0.4, -0.2) is 22.2 Å². The summed E-state index contributed by atoms with van der Waals surface area (Å²) in [4.78, 5) is 4.53. The van der Waals surface area contributed by atoms with Crippen molar-refractivity contribution in [1.82, 2.24) is 4.98 Å². The molecular formula is C13H18N2OS. The molecule has 1 unspecified atom stereocenters. The normalized spacial score (nSPS) is 15.0. The molecule has 0 aliphatic carbocycles. The lowest BCUT2D eigenvalue weighted by atomic mass is 9.95. The van der Waals surface area contributed by atoms with Crippen molar-refractivity contribution >= 4 is 21.6 Å². The van der Waals surface area contributed by atoms with E-state index in [1.807, 2.05) is 18.2 Å². The molecular weight excluding hydrogens is 232 g/mol. The first-order chi connectivity index (χ1) is 8.17. The van der Waals surface area contributed by atoms with Gasteiger partial charge in [0.05, 0.1) is 20.8 Å². The fourth-order valence-electron chi connectivity index (χ4n) is 2.01. The standard InChI is InChI=1S/C13H18N2OS/c1-2-7-13(16,9-14)8-12-15-10-5-3-4-6-11(10)17-12/h3-6,16H,2,7-9,14H2,1H3. The van der Waals surface area contributed by atoms with Gasteiger partial charge in [0.25, 0.3) is 0 Å². The van der Waals surface area contributed by atoms with Gasteiger partial charge in [0.2, 0.25) is 0 Å². The molecule has 1 aromatic heterocycles. The van der Waals surface area contributed by atoms with Crippen molar-refractivity contribution in [2.45, 2.75) is 31.8 Å². The summed E-state index contributed by atoms with van der Waals surface area (Å²) in [6, 6.07) is 8.03. The summed E-state index contributed by atoms with van der Waals surface area (Å²) in [7, 11) is 0. The second-order valence-corrected chi connectivity index (χ2v) is 5.55. The van der Waals surface area contributed by atoms with E-state index in [1.165, 1.54) is 4.70 Å². The summed E-state index contributed by atoms with van der Waals surface area (Å²) in [6.45, 7) is 2.34. The third-order valence-electron chi connectivity index (χ3n) is 2.91. The Morgan fingerprint density at radius 1 is 1.41 bits per heavy atom. The van der Waals surface area contributed by atoms with E-state index in [0.717, 1.165) is 23.4 Å². The van der Waals surface area contributed by atoms with Crippen LogP contribution in [0.15, 0.2) is 24.3 Å². The van der Waals surface area contributed by atoms with E-state index in [1.54, 1.807) is 11.3 Å². The summed E-state index contributed by atoms with van der Waals surface area (Å²) in [5, 5.41) is 11.3. The van der Waals surface area contributed by atoms with E-state index in [0.29, 0.717) is 6.42 Å². The molecule has 92 valence electrons. The maximum absolute atomic E-state index is 10.3. The summed E-state index contributed by atoms with van der Waals surface area (Å²) in [6.07, 6.45) is 2.20. The average Bonchev–Trinajstić information content (AvgIpc) is 2.71. The van der Waals surface area contributed by atoms with Crippen LogP contribution in [0.25, 0.3) is 10.2 Å². The van der Waals surface area contributed by atoms with Crippen molar-refractivity contribution in [3.63, 3.8) is 0 Å². The molecule has 0 saturated carbocycles.